The van der Waals surface area contributed by atoms with Gasteiger partial charge in [0.1, 0.15) is 6.10 Å². The summed E-state index contributed by atoms with van der Waals surface area (Å²) >= 11 is 0. The average Bonchev–Trinajstić information content (AvgIpc) is 2.67. The van der Waals surface area contributed by atoms with E-state index >= 15 is 0 Å². The van der Waals surface area contributed by atoms with Crippen molar-refractivity contribution in [3.63, 3.8) is 0 Å². The summed E-state index contributed by atoms with van der Waals surface area (Å²) in [5.41, 5.74) is 6.12. The van der Waals surface area contributed by atoms with Crippen molar-refractivity contribution in [3.8, 4) is 0 Å². The van der Waals surface area contributed by atoms with Gasteiger partial charge < -0.3 is 26.4 Å². The summed E-state index contributed by atoms with van der Waals surface area (Å²) in [7, 11) is 0. The Morgan fingerprint density at radius 3 is 2.71 bits per heavy atom. The smallest absolute Gasteiger partial charge is 0.305 e. The molecule has 2 unspecified atom stereocenters. The molecule has 0 bridgehead atoms. The van der Waals surface area contributed by atoms with Crippen LogP contribution in [-0.4, -0.2) is 42.4 Å². The van der Waals surface area contributed by atoms with Crippen LogP contribution in [0.1, 0.15) is 49.4 Å². The largest absolute Gasteiger partial charge is 0.460 e. The molecule has 0 heterocycles. The third-order valence-electron chi connectivity index (χ3n) is 4.43. The van der Waals surface area contributed by atoms with Crippen molar-refractivity contribution in [1.29, 1.82) is 5.41 Å². The molecule has 1 aromatic rings. The van der Waals surface area contributed by atoms with Crippen LogP contribution in [-0.2, 0) is 14.3 Å². The van der Waals surface area contributed by atoms with Crippen LogP contribution in [0.3, 0.4) is 0 Å². The molecule has 0 saturated heterocycles. The molecule has 2 atom stereocenters. The number of carbonyl (C=O) groups excluding carboxylic acids is 3. The molecular formula is C19H27N5O4. The highest BCUT2D eigenvalue weighted by Crippen LogP contribution is 2.21. The van der Waals surface area contributed by atoms with Crippen molar-refractivity contribution >= 4 is 29.4 Å². The molecule has 1 fully saturated rings. The molecule has 1 saturated carbocycles. The molecule has 28 heavy (non-hydrogen) atoms. The number of guanidine groups is 1. The van der Waals surface area contributed by atoms with Gasteiger partial charge in [-0.1, -0.05) is 19.4 Å². The van der Waals surface area contributed by atoms with Crippen LogP contribution in [0.25, 0.3) is 0 Å². The Bertz CT molecular complexity index is 737. The zero-order chi connectivity index (χ0) is 20.5. The lowest BCUT2D eigenvalue weighted by atomic mass is 9.92. The van der Waals surface area contributed by atoms with Crippen molar-refractivity contribution in [3.05, 3.63) is 29.8 Å². The summed E-state index contributed by atoms with van der Waals surface area (Å²) < 4.78 is 5.42. The quantitative estimate of drug-likeness (QED) is 0.268. The number of hydrogen-bond donors (Lipinski definition) is 5. The fraction of sp³-hybridized carbons (Fsp3) is 0.474. The molecule has 0 aromatic heterocycles. The Hall–Kier alpha value is -3.10. The lowest BCUT2D eigenvalue weighted by Crippen LogP contribution is -2.49. The lowest BCUT2D eigenvalue weighted by molar-refractivity contribution is -0.152. The Labute approximate surface area is 163 Å². The summed E-state index contributed by atoms with van der Waals surface area (Å²) in [6.07, 6.45) is 3.34. The highest BCUT2D eigenvalue weighted by Gasteiger charge is 2.29. The van der Waals surface area contributed by atoms with E-state index in [0.717, 1.165) is 25.7 Å². The van der Waals surface area contributed by atoms with Gasteiger partial charge in [-0.2, -0.15) is 0 Å². The summed E-state index contributed by atoms with van der Waals surface area (Å²) in [5.74, 6) is -1.27. The van der Waals surface area contributed by atoms with Crippen LogP contribution in [0, 0.1) is 5.41 Å². The number of esters is 1. The number of anilines is 1. The van der Waals surface area contributed by atoms with Gasteiger partial charge in [-0.05, 0) is 37.5 Å². The Balaban J connectivity index is 1.86. The first-order valence-electron chi connectivity index (χ1n) is 9.37. The molecule has 6 N–H and O–H groups in total. The number of rotatable bonds is 7. The van der Waals surface area contributed by atoms with Crippen LogP contribution in [0.5, 0.6) is 0 Å². The standard InChI is InChI=1S/C19H27N5O4/c1-2-17(26)28-15-9-4-3-8-14(15)24-16(25)11-22-18(27)12-6-5-7-13(10-12)23-19(20)21/h5-7,10,14-15H,2-4,8-9,11H2,1H3,(H,22,27)(H,24,25)(H4,20,21,23). The number of hydrogen-bond acceptors (Lipinski definition) is 5. The van der Waals surface area contributed by atoms with Crippen molar-refractivity contribution in [2.45, 2.75) is 51.2 Å². The van der Waals surface area contributed by atoms with Crippen molar-refractivity contribution in [2.75, 3.05) is 11.9 Å². The minimum Gasteiger partial charge on any atom is -0.460 e. The second-order valence-corrected chi connectivity index (χ2v) is 6.64. The van der Waals surface area contributed by atoms with Gasteiger partial charge >= 0.3 is 5.97 Å². The average molecular weight is 389 g/mol. The molecule has 0 spiro atoms. The van der Waals surface area contributed by atoms with Crippen molar-refractivity contribution in [2.24, 2.45) is 5.73 Å². The first-order chi connectivity index (χ1) is 13.4. The summed E-state index contributed by atoms with van der Waals surface area (Å²) in [6, 6.07) is 6.22. The first kappa shape index (κ1) is 21.2. The summed E-state index contributed by atoms with van der Waals surface area (Å²) in [4.78, 5) is 36.1. The number of nitrogens with two attached hydrogens (primary N) is 1. The van der Waals surface area contributed by atoms with Gasteiger partial charge in [-0.15, -0.1) is 0 Å². The maximum atomic E-state index is 12.3. The monoisotopic (exact) mass is 389 g/mol. The van der Waals surface area contributed by atoms with Gasteiger partial charge in [0.25, 0.3) is 5.91 Å². The molecule has 2 rings (SSSR count). The zero-order valence-corrected chi connectivity index (χ0v) is 15.9. The Morgan fingerprint density at radius 2 is 2.00 bits per heavy atom. The minimum absolute atomic E-state index is 0.186. The first-order valence-corrected chi connectivity index (χ1v) is 9.37. The topological polar surface area (TPSA) is 146 Å². The molecular weight excluding hydrogens is 362 g/mol. The maximum absolute atomic E-state index is 12.3. The molecule has 2 amide bonds. The van der Waals surface area contributed by atoms with E-state index in [-0.39, 0.29) is 36.5 Å². The number of nitrogens with one attached hydrogen (secondary N) is 4. The molecule has 1 aromatic carbocycles. The maximum Gasteiger partial charge on any atom is 0.305 e. The van der Waals surface area contributed by atoms with Gasteiger partial charge in [0, 0.05) is 17.7 Å². The third kappa shape index (κ3) is 6.57. The molecule has 9 heteroatoms. The second kappa shape index (κ2) is 10.3. The number of amides is 2. The summed E-state index contributed by atoms with van der Waals surface area (Å²) in [5, 5.41) is 15.2. The molecule has 0 radical (unpaired) electrons. The Kier molecular flexibility index (Phi) is 7.79. The number of carbonyl (C=O) groups is 3. The minimum atomic E-state index is -0.417. The van der Waals surface area contributed by atoms with Crippen molar-refractivity contribution in [1.82, 2.24) is 10.6 Å². The van der Waals surface area contributed by atoms with E-state index in [2.05, 4.69) is 16.0 Å². The molecule has 9 nitrogen and oxygen atoms in total. The van der Waals surface area contributed by atoms with Crippen LogP contribution in [0.4, 0.5) is 5.69 Å². The molecule has 1 aliphatic carbocycles. The third-order valence-corrected chi connectivity index (χ3v) is 4.43. The van der Waals surface area contributed by atoms with Crippen LogP contribution in [0.15, 0.2) is 24.3 Å². The molecule has 1 aliphatic rings. The van der Waals surface area contributed by atoms with Crippen LogP contribution >= 0.6 is 0 Å². The van der Waals surface area contributed by atoms with Gasteiger partial charge in [-0.25, -0.2) is 0 Å². The number of benzene rings is 1. The van der Waals surface area contributed by atoms with E-state index in [9.17, 15) is 14.4 Å². The predicted molar refractivity (Wildman–Crippen MR) is 105 cm³/mol. The van der Waals surface area contributed by atoms with E-state index in [1.807, 2.05) is 0 Å². The van der Waals surface area contributed by atoms with Gasteiger partial charge in [0.2, 0.25) is 5.91 Å². The van der Waals surface area contributed by atoms with E-state index in [0.29, 0.717) is 17.7 Å². The highest BCUT2D eigenvalue weighted by atomic mass is 16.5. The normalized spacial score (nSPS) is 18.6. The molecule has 152 valence electrons. The van der Waals surface area contributed by atoms with Gasteiger partial charge in [-0.3, -0.25) is 19.8 Å². The fourth-order valence-corrected chi connectivity index (χ4v) is 3.07. The SMILES string of the molecule is CCC(=O)OC1CCCCC1NC(=O)CNC(=O)c1cccc(NC(=N)N)c1. The van der Waals surface area contributed by atoms with Crippen LogP contribution < -0.4 is 21.7 Å². The van der Waals surface area contributed by atoms with Crippen LogP contribution in [0.2, 0.25) is 0 Å². The van der Waals surface area contributed by atoms with E-state index in [1.165, 1.54) is 6.07 Å². The predicted octanol–water partition coefficient (Wildman–Crippen LogP) is 1.10. The van der Waals surface area contributed by atoms with Gasteiger partial charge in [0.05, 0.1) is 12.6 Å². The van der Waals surface area contributed by atoms with E-state index in [4.69, 9.17) is 15.9 Å². The van der Waals surface area contributed by atoms with Crippen molar-refractivity contribution < 1.29 is 19.1 Å². The highest BCUT2D eigenvalue weighted by molar-refractivity contribution is 5.98. The zero-order valence-electron chi connectivity index (χ0n) is 15.9. The van der Waals surface area contributed by atoms with E-state index < -0.39 is 5.91 Å². The molecule has 0 aliphatic heterocycles. The Morgan fingerprint density at radius 1 is 1.25 bits per heavy atom. The van der Waals surface area contributed by atoms with E-state index in [1.54, 1.807) is 25.1 Å². The summed E-state index contributed by atoms with van der Waals surface area (Å²) in [6.45, 7) is 1.54. The fourth-order valence-electron chi connectivity index (χ4n) is 3.07. The van der Waals surface area contributed by atoms with Gasteiger partial charge in [0.15, 0.2) is 5.96 Å². The number of ether oxygens (including phenoxy) is 1. The second-order valence-electron chi connectivity index (χ2n) is 6.64. The lowest BCUT2D eigenvalue weighted by Gasteiger charge is -2.31.